The van der Waals surface area contributed by atoms with Crippen LogP contribution in [0.1, 0.15) is 111 Å². The molecule has 86 heavy (non-hydrogen) atoms. The molecule has 14 atom stereocenters. The summed E-state index contributed by atoms with van der Waals surface area (Å²) in [6, 6.07) is 17.0. The number of aromatic amines is 1. The van der Waals surface area contributed by atoms with Gasteiger partial charge in [0.25, 0.3) is 11.7 Å². The quantitative estimate of drug-likeness (QED) is 0.0478. The molecule has 4 fully saturated rings. The van der Waals surface area contributed by atoms with Crippen LogP contribution in [0.5, 0.6) is 0 Å². The van der Waals surface area contributed by atoms with E-state index in [-0.39, 0.29) is 50.0 Å². The number of fused-ring (bicyclic) bond motifs is 4. The Morgan fingerprint density at radius 3 is 2.31 bits per heavy atom. The van der Waals surface area contributed by atoms with Gasteiger partial charge in [0, 0.05) is 123 Å². The largest absolute Gasteiger partial charge is 0.456 e. The highest BCUT2D eigenvalue weighted by Crippen LogP contribution is 2.42. The van der Waals surface area contributed by atoms with Crippen LogP contribution < -0.4 is 0 Å². The number of esters is 1. The first-order valence-electron chi connectivity index (χ1n) is 30.6. The number of carbonyl (C=O) groups excluding carboxylic acids is 7. The molecule has 462 valence electrons. The molecule has 0 unspecified atom stereocenters. The number of hydrogen-bond acceptors (Lipinski definition) is 15. The number of cyclic esters (lactones) is 1. The summed E-state index contributed by atoms with van der Waals surface area (Å²) in [6.07, 6.45) is 6.40. The minimum absolute atomic E-state index is 0.0178. The molecule has 2 aromatic heterocycles. The van der Waals surface area contributed by atoms with Gasteiger partial charge in [0.2, 0.25) is 11.7 Å². The van der Waals surface area contributed by atoms with Crippen molar-refractivity contribution in [2.75, 3.05) is 39.8 Å². The number of nitrogens with one attached hydrogen (secondary N) is 1. The topological polar surface area (TPSA) is 246 Å². The Labute approximate surface area is 508 Å². The number of aldehydes is 2. The number of aliphatic hydroxyl groups excluding tert-OH is 2. The van der Waals surface area contributed by atoms with Crippen molar-refractivity contribution < 1.29 is 63.1 Å². The van der Waals surface area contributed by atoms with Gasteiger partial charge < -0.3 is 53.9 Å². The molecule has 9 rings (SSSR count). The monoisotopic (exact) mass is 1200 g/mol. The molecule has 2 amide bonds. The van der Waals surface area contributed by atoms with Crippen molar-refractivity contribution in [3.63, 3.8) is 0 Å². The van der Waals surface area contributed by atoms with E-state index in [9.17, 15) is 48.9 Å². The molecular weight excluding hydrogens is 1120 g/mol. The number of amides is 2. The van der Waals surface area contributed by atoms with Crippen LogP contribution >= 0.6 is 11.6 Å². The second-order valence-corrected chi connectivity index (χ2v) is 25.6. The van der Waals surface area contributed by atoms with Crippen molar-refractivity contribution in [2.24, 2.45) is 41.4 Å². The Bertz CT molecular complexity index is 3170. The van der Waals surface area contributed by atoms with Crippen LogP contribution in [0, 0.1) is 41.4 Å². The number of H-pyrrole nitrogens is 1. The molecule has 19 heteroatoms. The van der Waals surface area contributed by atoms with E-state index >= 15 is 0 Å². The lowest BCUT2D eigenvalue weighted by Crippen LogP contribution is -2.63. The number of Topliss-reactive ketones (excluding diaryl/α,β-unsaturated/α-hetero) is 2. The number of aromatic nitrogens is 2. The Morgan fingerprint density at radius 1 is 0.872 bits per heavy atom. The maximum atomic E-state index is 14.8. The number of methoxy groups -OCH3 is 1. The molecule has 1 aliphatic carbocycles. The van der Waals surface area contributed by atoms with E-state index in [4.69, 9.17) is 30.8 Å². The molecule has 2 aromatic carbocycles. The van der Waals surface area contributed by atoms with Crippen LogP contribution in [-0.2, 0) is 54.3 Å². The number of nitrogens with zero attached hydrogens (tertiary/aromatic N) is 4. The summed E-state index contributed by atoms with van der Waals surface area (Å²) in [5.74, 6) is -11.9. The summed E-state index contributed by atoms with van der Waals surface area (Å²) in [6.45, 7) is 11.4. The van der Waals surface area contributed by atoms with Gasteiger partial charge in [-0.05, 0) is 124 Å². The zero-order valence-electron chi connectivity index (χ0n) is 50.3. The Hall–Kier alpha value is -6.25. The van der Waals surface area contributed by atoms with E-state index in [1.165, 1.54) is 14.0 Å². The first-order chi connectivity index (χ1) is 41.2. The number of piperazine rings is 1. The number of ketones is 2. The summed E-state index contributed by atoms with van der Waals surface area (Å²) in [5.41, 5.74) is 7.20. The van der Waals surface area contributed by atoms with Crippen LogP contribution in [0.3, 0.4) is 0 Å². The van der Waals surface area contributed by atoms with Crippen LogP contribution in [-0.4, -0.2) is 164 Å². The number of allylic oxidation sites excluding steroid dienone is 3. The lowest BCUT2D eigenvalue weighted by atomic mass is 9.75. The van der Waals surface area contributed by atoms with Gasteiger partial charge in [0.05, 0.1) is 24.4 Å². The third kappa shape index (κ3) is 14.7. The van der Waals surface area contributed by atoms with Crippen LogP contribution in [0.25, 0.3) is 33.3 Å². The lowest BCUT2D eigenvalue weighted by Gasteiger charge is -2.45. The predicted octanol–water partition coefficient (Wildman–Crippen LogP) is 8.26. The zero-order valence-corrected chi connectivity index (χ0v) is 51.0. The SMILES string of the molecule is CO[C@@H]1C[C@H](/C=C(\C)[C@H]2OC(=O)[C@@H]3CCCCN3C(=O)C(=O)[C@]3(O)O[C@H]([C@@H](C=O)C[C@@H](C)C/C(C)=C/[C@@H](CC(=O)N4CCN(Cc5ccc(-c6cnc7[nH]cc(-c8cccc(Cl)c8)c7c6)cc5)CC4)C(=O)C[C@H](O)[C@H]2C)[C@@H](C=O)C[C@H]3C)CC[C@H]1O. The van der Waals surface area contributed by atoms with Gasteiger partial charge in [0.15, 0.2) is 0 Å². The van der Waals surface area contributed by atoms with E-state index < -0.39 is 102 Å². The van der Waals surface area contributed by atoms with Gasteiger partial charge in [-0.15, -0.1) is 0 Å². The highest BCUT2D eigenvalue weighted by atomic mass is 35.5. The molecule has 3 saturated heterocycles. The van der Waals surface area contributed by atoms with Crippen molar-refractivity contribution in [1.29, 1.82) is 0 Å². The molecule has 4 aliphatic heterocycles. The fourth-order valence-corrected chi connectivity index (χ4v) is 14.0. The van der Waals surface area contributed by atoms with Crippen LogP contribution in [0.15, 0.2) is 90.3 Å². The fraction of sp³-hybridized carbons (Fsp3) is 0.552. The standard InChI is InChI=1S/C67H84ClN5O13/c1-39-24-40(2)26-50(37-74)62-51(38-75)28-42(4)67(83,86-62)63(80)65(81)73-19-8-7-12-55(73)66(82)85-61(41(3)27-45-15-18-56(76)59(29-45)84-6)43(5)57(77)33-58(78)48(25-39)32-60(79)72-22-20-71(21-23-72)36-44-13-16-46(17-14-44)49-31-53-54(35-70-64(53)69-34-49)47-10-9-11-52(68)30-47/h9-11,13-14,16-17,25,27,30-31,34-35,37-38,40,42-43,45,48,50-51,55-57,59,61-62,76-77,83H,7-8,12,15,18-24,26,28-29,32-33,36H2,1-6H3,(H,69,70)/b39-25+,41-27+/t40-,42+,43+,45-,48-,50+,51+,55-,56+,57-,59+,61+,62+,67+/m0/s1. The summed E-state index contributed by atoms with van der Waals surface area (Å²) >= 11 is 6.33. The molecule has 4 aromatic rings. The number of pyridine rings is 1. The molecule has 4 N–H and O–H groups in total. The number of ether oxygens (including phenoxy) is 3. The molecule has 6 heterocycles. The van der Waals surface area contributed by atoms with Gasteiger partial charge in [-0.1, -0.05) is 86.5 Å². The second kappa shape index (κ2) is 28.3. The summed E-state index contributed by atoms with van der Waals surface area (Å²) < 4.78 is 18.1. The third-order valence-corrected chi connectivity index (χ3v) is 19.1. The van der Waals surface area contributed by atoms with Crippen molar-refractivity contribution in [3.8, 4) is 22.3 Å². The van der Waals surface area contributed by atoms with Crippen molar-refractivity contribution in [3.05, 3.63) is 101 Å². The van der Waals surface area contributed by atoms with Crippen molar-refractivity contribution in [1.82, 2.24) is 24.7 Å². The average molecular weight is 1200 g/mol. The van der Waals surface area contributed by atoms with E-state index in [0.717, 1.165) is 49.3 Å². The maximum Gasteiger partial charge on any atom is 0.329 e. The zero-order chi connectivity index (χ0) is 61.6. The molecule has 18 nitrogen and oxygen atoms in total. The minimum atomic E-state index is -2.73. The highest BCUT2D eigenvalue weighted by Gasteiger charge is 2.56. The maximum absolute atomic E-state index is 14.8. The first kappa shape index (κ1) is 64.2. The number of aliphatic hydroxyl groups is 3. The third-order valence-electron chi connectivity index (χ3n) is 18.9. The minimum Gasteiger partial charge on any atom is -0.456 e. The summed E-state index contributed by atoms with van der Waals surface area (Å²) in [4.78, 5) is 112. The molecule has 2 bridgehead atoms. The molecule has 5 aliphatic rings. The van der Waals surface area contributed by atoms with Gasteiger partial charge in [-0.2, -0.15) is 0 Å². The summed E-state index contributed by atoms with van der Waals surface area (Å²) in [5, 5.41) is 36.6. The van der Waals surface area contributed by atoms with Crippen molar-refractivity contribution in [2.45, 2.75) is 154 Å². The number of benzene rings is 2. The summed E-state index contributed by atoms with van der Waals surface area (Å²) in [7, 11) is 1.54. The van der Waals surface area contributed by atoms with Gasteiger partial charge in [0.1, 0.15) is 36.1 Å². The Kier molecular flexibility index (Phi) is 21.1. The van der Waals surface area contributed by atoms with E-state index in [0.29, 0.717) is 94.4 Å². The van der Waals surface area contributed by atoms with Crippen molar-refractivity contribution >= 4 is 64.6 Å². The fourth-order valence-electron chi connectivity index (χ4n) is 13.8. The lowest BCUT2D eigenvalue weighted by molar-refractivity contribution is -0.278. The number of carbonyl (C=O) groups is 7. The van der Waals surface area contributed by atoms with Crippen LogP contribution in [0.2, 0.25) is 5.02 Å². The molecular formula is C67H84ClN5O13. The van der Waals surface area contributed by atoms with Crippen LogP contribution in [0.4, 0.5) is 0 Å². The normalized spacial score (nSPS) is 32.4. The number of hydrogen-bond donors (Lipinski definition) is 4. The second-order valence-electron chi connectivity index (χ2n) is 25.2. The van der Waals surface area contributed by atoms with Gasteiger partial charge in [-0.25, -0.2) is 9.78 Å². The van der Waals surface area contributed by atoms with Gasteiger partial charge >= 0.3 is 5.97 Å². The number of halogens is 1. The van der Waals surface area contributed by atoms with E-state index in [1.54, 1.807) is 24.8 Å². The highest BCUT2D eigenvalue weighted by molar-refractivity contribution is 6.39. The molecule has 0 radical (unpaired) electrons. The first-order valence-corrected chi connectivity index (χ1v) is 31.0. The predicted molar refractivity (Wildman–Crippen MR) is 324 cm³/mol. The smallest absolute Gasteiger partial charge is 0.329 e. The number of rotatable bonds is 11. The molecule has 0 spiro atoms. The Morgan fingerprint density at radius 2 is 1.60 bits per heavy atom. The number of piperidine rings is 1. The average Bonchev–Trinajstić information content (AvgIpc) is 2.18. The van der Waals surface area contributed by atoms with E-state index in [1.807, 2.05) is 56.6 Å². The Balaban J connectivity index is 0.939. The molecule has 1 saturated carbocycles. The van der Waals surface area contributed by atoms with E-state index in [2.05, 4.69) is 40.2 Å². The van der Waals surface area contributed by atoms with Gasteiger partial charge in [-0.3, -0.25) is 24.1 Å².